The Morgan fingerprint density at radius 3 is 2.55 bits per heavy atom. The average Bonchev–Trinajstić information content (AvgIpc) is 2.34. The monoisotopic (exact) mass is 285 g/mol. The number of nitrogens with zero attached hydrogens (tertiary/aromatic N) is 2. The SMILES string of the molecule is CC(C(=O)O)c1nc(N)nc2cc(C(F)(F)F)ccc12. The van der Waals surface area contributed by atoms with Crippen molar-refractivity contribution in [3.05, 3.63) is 29.5 Å². The number of carboxylic acid groups (broad SMARTS) is 1. The Labute approximate surface area is 111 Å². The summed E-state index contributed by atoms with van der Waals surface area (Å²) in [7, 11) is 0. The van der Waals surface area contributed by atoms with Gasteiger partial charge in [-0.15, -0.1) is 0 Å². The van der Waals surface area contributed by atoms with Gasteiger partial charge in [0.1, 0.15) is 0 Å². The zero-order valence-electron chi connectivity index (χ0n) is 10.3. The highest BCUT2D eigenvalue weighted by atomic mass is 19.4. The molecule has 106 valence electrons. The number of hydrogen-bond acceptors (Lipinski definition) is 4. The van der Waals surface area contributed by atoms with Gasteiger partial charge in [-0.25, -0.2) is 9.97 Å². The highest BCUT2D eigenvalue weighted by Crippen LogP contribution is 2.32. The zero-order chi connectivity index (χ0) is 15.1. The number of anilines is 1. The lowest BCUT2D eigenvalue weighted by Gasteiger charge is -2.12. The molecule has 0 bridgehead atoms. The Hall–Kier alpha value is -2.38. The number of rotatable bonds is 2. The van der Waals surface area contributed by atoms with Gasteiger partial charge in [0.15, 0.2) is 0 Å². The molecule has 0 aliphatic carbocycles. The number of carbonyl (C=O) groups is 1. The van der Waals surface area contributed by atoms with Gasteiger partial charge in [0.25, 0.3) is 0 Å². The molecule has 0 radical (unpaired) electrons. The van der Waals surface area contributed by atoms with Crippen LogP contribution in [-0.4, -0.2) is 21.0 Å². The van der Waals surface area contributed by atoms with Crippen LogP contribution in [0.25, 0.3) is 10.9 Å². The Bertz CT molecular complexity index is 685. The zero-order valence-corrected chi connectivity index (χ0v) is 10.3. The van der Waals surface area contributed by atoms with E-state index in [1.54, 1.807) is 0 Å². The van der Waals surface area contributed by atoms with Gasteiger partial charge in [-0.05, 0) is 19.1 Å². The maximum atomic E-state index is 12.6. The normalized spacial score (nSPS) is 13.4. The van der Waals surface area contributed by atoms with E-state index in [-0.39, 0.29) is 22.5 Å². The number of nitrogens with two attached hydrogens (primary N) is 1. The molecule has 2 aromatic rings. The predicted octanol–water partition coefficient (Wildman–Crippen LogP) is 2.42. The first-order valence-electron chi connectivity index (χ1n) is 5.57. The molecule has 0 aliphatic heterocycles. The van der Waals surface area contributed by atoms with Crippen molar-refractivity contribution in [2.24, 2.45) is 0 Å². The first kappa shape index (κ1) is 14.0. The van der Waals surface area contributed by atoms with Crippen molar-refractivity contribution < 1.29 is 23.1 Å². The second-order valence-corrected chi connectivity index (χ2v) is 4.26. The van der Waals surface area contributed by atoms with Gasteiger partial charge < -0.3 is 10.8 Å². The second-order valence-electron chi connectivity index (χ2n) is 4.26. The maximum absolute atomic E-state index is 12.6. The molecule has 5 nitrogen and oxygen atoms in total. The number of carboxylic acids is 1. The molecule has 1 atom stereocenters. The molecule has 0 aliphatic rings. The van der Waals surface area contributed by atoms with Crippen molar-refractivity contribution in [1.82, 2.24) is 9.97 Å². The summed E-state index contributed by atoms with van der Waals surface area (Å²) in [5.41, 5.74) is 4.61. The molecule has 0 saturated heterocycles. The van der Waals surface area contributed by atoms with Gasteiger partial charge in [0.05, 0.1) is 22.7 Å². The van der Waals surface area contributed by atoms with Crippen LogP contribution < -0.4 is 5.73 Å². The standard InChI is InChI=1S/C12H10F3N3O2/c1-5(10(19)20)9-7-3-2-6(12(13,14)15)4-8(7)17-11(16)18-9/h2-5H,1H3,(H,19,20)(H2,16,17,18). The minimum Gasteiger partial charge on any atom is -0.481 e. The molecule has 1 heterocycles. The number of halogens is 3. The third-order valence-electron chi connectivity index (χ3n) is 2.85. The Kier molecular flexibility index (Phi) is 3.24. The van der Waals surface area contributed by atoms with E-state index in [1.807, 2.05) is 0 Å². The van der Waals surface area contributed by atoms with E-state index in [4.69, 9.17) is 10.8 Å². The van der Waals surface area contributed by atoms with E-state index in [0.717, 1.165) is 18.2 Å². The quantitative estimate of drug-likeness (QED) is 0.884. The van der Waals surface area contributed by atoms with Crippen molar-refractivity contribution in [1.29, 1.82) is 0 Å². The lowest BCUT2D eigenvalue weighted by molar-refractivity contribution is -0.139. The Balaban J connectivity index is 2.70. The first-order valence-corrected chi connectivity index (χ1v) is 5.57. The van der Waals surface area contributed by atoms with Crippen molar-refractivity contribution in [3.63, 3.8) is 0 Å². The number of aliphatic carboxylic acids is 1. The van der Waals surface area contributed by atoms with Crippen LogP contribution in [0.15, 0.2) is 18.2 Å². The summed E-state index contributed by atoms with van der Waals surface area (Å²) in [5, 5.41) is 9.23. The number of nitrogen functional groups attached to an aromatic ring is 1. The summed E-state index contributed by atoms with van der Waals surface area (Å²) in [4.78, 5) is 18.5. The van der Waals surface area contributed by atoms with Crippen LogP contribution in [0.5, 0.6) is 0 Å². The minimum absolute atomic E-state index is 0.0320. The van der Waals surface area contributed by atoms with Crippen LogP contribution in [0, 0.1) is 0 Å². The van der Waals surface area contributed by atoms with E-state index < -0.39 is 23.6 Å². The van der Waals surface area contributed by atoms with Gasteiger partial charge >= 0.3 is 12.1 Å². The summed E-state index contributed by atoms with van der Waals surface area (Å²) in [5.74, 6) is -2.41. The van der Waals surface area contributed by atoms with Crippen LogP contribution in [0.1, 0.15) is 24.1 Å². The smallest absolute Gasteiger partial charge is 0.416 e. The maximum Gasteiger partial charge on any atom is 0.416 e. The number of alkyl halides is 3. The summed E-state index contributed by atoms with van der Waals surface area (Å²) in [6, 6.07) is 2.85. The molecule has 0 saturated carbocycles. The summed E-state index contributed by atoms with van der Waals surface area (Å²) >= 11 is 0. The van der Waals surface area contributed by atoms with Crippen LogP contribution in [-0.2, 0) is 11.0 Å². The molecular formula is C12H10F3N3O2. The fourth-order valence-electron chi connectivity index (χ4n) is 1.80. The van der Waals surface area contributed by atoms with Crippen molar-refractivity contribution in [2.45, 2.75) is 19.0 Å². The molecule has 20 heavy (non-hydrogen) atoms. The van der Waals surface area contributed by atoms with Crippen LogP contribution >= 0.6 is 0 Å². The highest BCUT2D eigenvalue weighted by Gasteiger charge is 2.31. The third-order valence-corrected chi connectivity index (χ3v) is 2.85. The topological polar surface area (TPSA) is 89.1 Å². The van der Waals surface area contributed by atoms with E-state index in [9.17, 15) is 18.0 Å². The van der Waals surface area contributed by atoms with E-state index >= 15 is 0 Å². The van der Waals surface area contributed by atoms with Crippen LogP contribution in [0.2, 0.25) is 0 Å². The number of aromatic nitrogens is 2. The number of benzene rings is 1. The largest absolute Gasteiger partial charge is 0.481 e. The molecule has 1 aromatic heterocycles. The van der Waals surface area contributed by atoms with E-state index in [0.29, 0.717) is 0 Å². The van der Waals surface area contributed by atoms with Gasteiger partial charge in [-0.2, -0.15) is 13.2 Å². The highest BCUT2D eigenvalue weighted by molar-refractivity contribution is 5.88. The molecule has 2 rings (SSSR count). The third kappa shape index (κ3) is 2.49. The summed E-state index contributed by atoms with van der Waals surface area (Å²) in [6.45, 7) is 1.38. The Morgan fingerprint density at radius 1 is 1.35 bits per heavy atom. The fourth-order valence-corrected chi connectivity index (χ4v) is 1.80. The van der Waals surface area contributed by atoms with E-state index in [2.05, 4.69) is 9.97 Å². The van der Waals surface area contributed by atoms with Crippen LogP contribution in [0.4, 0.5) is 19.1 Å². The molecule has 0 spiro atoms. The van der Waals surface area contributed by atoms with Gasteiger partial charge in [0, 0.05) is 5.39 Å². The first-order chi connectivity index (χ1) is 9.20. The molecule has 8 heteroatoms. The number of fused-ring (bicyclic) bond motifs is 1. The molecule has 1 aromatic carbocycles. The molecule has 0 amide bonds. The average molecular weight is 285 g/mol. The van der Waals surface area contributed by atoms with Gasteiger partial charge in [-0.1, -0.05) is 6.07 Å². The summed E-state index contributed by atoms with van der Waals surface area (Å²) in [6.07, 6.45) is -4.51. The van der Waals surface area contributed by atoms with Gasteiger partial charge in [-0.3, -0.25) is 4.79 Å². The Morgan fingerprint density at radius 2 is 2.00 bits per heavy atom. The minimum atomic E-state index is -4.51. The van der Waals surface area contributed by atoms with E-state index in [1.165, 1.54) is 6.92 Å². The lowest BCUT2D eigenvalue weighted by atomic mass is 10.0. The van der Waals surface area contributed by atoms with Crippen molar-refractivity contribution >= 4 is 22.8 Å². The van der Waals surface area contributed by atoms with Crippen LogP contribution in [0.3, 0.4) is 0 Å². The number of hydrogen-bond donors (Lipinski definition) is 2. The molecule has 1 unspecified atom stereocenters. The van der Waals surface area contributed by atoms with Crippen molar-refractivity contribution in [2.75, 3.05) is 5.73 Å². The molecule has 3 N–H and O–H groups in total. The molecular weight excluding hydrogens is 275 g/mol. The van der Waals surface area contributed by atoms with Gasteiger partial charge in [0.2, 0.25) is 5.95 Å². The predicted molar refractivity (Wildman–Crippen MR) is 65.0 cm³/mol. The van der Waals surface area contributed by atoms with Crippen molar-refractivity contribution in [3.8, 4) is 0 Å². The lowest BCUT2D eigenvalue weighted by Crippen LogP contribution is -2.12. The fraction of sp³-hybridized carbons (Fsp3) is 0.250. The summed E-state index contributed by atoms with van der Waals surface area (Å²) < 4.78 is 37.9. The molecule has 0 fully saturated rings. The second kappa shape index (κ2) is 4.62.